The Labute approximate surface area is 299 Å². The highest BCUT2D eigenvalue weighted by Crippen LogP contribution is 2.36. The van der Waals surface area contributed by atoms with Crippen LogP contribution >= 0.6 is 22.9 Å². The van der Waals surface area contributed by atoms with Crippen molar-refractivity contribution in [3.63, 3.8) is 0 Å². The fourth-order valence-corrected chi connectivity index (χ4v) is 7.18. The zero-order chi connectivity index (χ0) is 35.2. The number of amides is 1. The molecule has 0 aliphatic heterocycles. The molecule has 2 heterocycles. The van der Waals surface area contributed by atoms with Gasteiger partial charge >= 0.3 is 0 Å². The Balaban J connectivity index is 1.42. The molecule has 0 radical (unpaired) electrons. The third-order valence-electron chi connectivity index (χ3n) is 8.96. The van der Waals surface area contributed by atoms with Crippen LogP contribution in [0.5, 0.6) is 11.5 Å². The molecular formula is C38H45ClN4O4SSi. The number of nitrogens with zero attached hydrogens (tertiary/aromatic N) is 3. The van der Waals surface area contributed by atoms with Crippen molar-refractivity contribution in [2.75, 3.05) is 32.7 Å². The van der Waals surface area contributed by atoms with Crippen LogP contribution in [0.3, 0.4) is 0 Å². The number of aromatic nitrogens is 2. The van der Waals surface area contributed by atoms with Gasteiger partial charge in [0.1, 0.15) is 11.5 Å². The van der Waals surface area contributed by atoms with Gasteiger partial charge in [-0.1, -0.05) is 62.7 Å². The van der Waals surface area contributed by atoms with E-state index in [0.29, 0.717) is 40.4 Å². The summed E-state index contributed by atoms with van der Waals surface area (Å²) >= 11 is 7.52. The number of hydrogen-bond donors (Lipinski definition) is 1. The summed E-state index contributed by atoms with van der Waals surface area (Å²) in [5, 5.41) is 8.70. The summed E-state index contributed by atoms with van der Waals surface area (Å²) in [5.74, 6) is 1.19. The van der Waals surface area contributed by atoms with Gasteiger partial charge in [-0.15, -0.1) is 11.3 Å². The van der Waals surface area contributed by atoms with Crippen molar-refractivity contribution in [1.29, 1.82) is 0 Å². The second-order valence-electron chi connectivity index (χ2n) is 13.3. The molecule has 0 bridgehead atoms. The summed E-state index contributed by atoms with van der Waals surface area (Å²) in [6.45, 7) is 13.3. The van der Waals surface area contributed by atoms with Crippen molar-refractivity contribution >= 4 is 42.8 Å². The summed E-state index contributed by atoms with van der Waals surface area (Å²) in [6.07, 6.45) is 2.00. The number of nitrogens with one attached hydrogen (secondary N) is 1. The summed E-state index contributed by atoms with van der Waals surface area (Å²) in [4.78, 5) is 16.4. The Bertz CT molecular complexity index is 1850. The van der Waals surface area contributed by atoms with Gasteiger partial charge in [-0.2, -0.15) is 5.10 Å². The highest BCUT2D eigenvalue weighted by atomic mass is 35.5. The SMILES string of the molecule is COc1ccc(CN(Cc2cn(-c3ccc(NCCO[Si](C)(C)C(C)(C)C)cc3)nc2-c2ccccc2)C(=O)c2ccc(Cl)s2)c(OC)c1. The van der Waals surface area contributed by atoms with Crippen LogP contribution in [-0.4, -0.2) is 56.3 Å². The fourth-order valence-electron chi connectivity index (χ4n) is 5.13. The minimum atomic E-state index is -1.79. The quantitative estimate of drug-likeness (QED) is 0.0911. The van der Waals surface area contributed by atoms with Crippen molar-refractivity contribution in [1.82, 2.24) is 14.7 Å². The number of halogens is 1. The van der Waals surface area contributed by atoms with Crippen molar-refractivity contribution in [3.8, 4) is 28.4 Å². The summed E-state index contributed by atoms with van der Waals surface area (Å²) in [5.41, 5.74) is 5.44. The molecule has 0 aliphatic carbocycles. The first kappa shape index (κ1) is 36.2. The Morgan fingerprint density at radius 1 is 0.939 bits per heavy atom. The van der Waals surface area contributed by atoms with Crippen LogP contribution < -0.4 is 14.8 Å². The van der Waals surface area contributed by atoms with Gasteiger partial charge in [0.05, 0.1) is 54.5 Å². The average Bonchev–Trinajstić information content (AvgIpc) is 3.72. The lowest BCUT2D eigenvalue weighted by atomic mass is 10.1. The first-order valence-electron chi connectivity index (χ1n) is 16.3. The van der Waals surface area contributed by atoms with Crippen LogP contribution in [0.25, 0.3) is 16.9 Å². The van der Waals surface area contributed by atoms with E-state index in [1.165, 1.54) is 11.3 Å². The molecule has 258 valence electrons. The van der Waals surface area contributed by atoms with Crippen molar-refractivity contribution in [2.45, 2.75) is 52.0 Å². The molecular weight excluding hydrogens is 672 g/mol. The number of rotatable bonds is 14. The Hall–Kier alpha value is -4.09. The molecule has 8 nitrogen and oxygen atoms in total. The van der Waals surface area contributed by atoms with Gasteiger partial charge in [0, 0.05) is 41.2 Å². The fraction of sp³-hybridized carbons (Fsp3) is 0.316. The highest BCUT2D eigenvalue weighted by Gasteiger charge is 2.36. The number of ether oxygens (including phenoxy) is 2. The molecule has 49 heavy (non-hydrogen) atoms. The molecule has 0 saturated carbocycles. The van der Waals surface area contributed by atoms with E-state index >= 15 is 0 Å². The number of benzene rings is 3. The van der Waals surface area contributed by atoms with Gasteiger partial charge in [-0.05, 0) is 66.7 Å². The van der Waals surface area contributed by atoms with E-state index in [9.17, 15) is 4.79 Å². The first-order chi connectivity index (χ1) is 23.4. The topological polar surface area (TPSA) is 77.9 Å². The van der Waals surface area contributed by atoms with Crippen LogP contribution in [0.2, 0.25) is 22.5 Å². The van der Waals surface area contributed by atoms with E-state index in [-0.39, 0.29) is 10.9 Å². The Morgan fingerprint density at radius 2 is 1.65 bits per heavy atom. The number of carbonyl (C=O) groups excluding carboxylic acids is 1. The molecule has 0 aliphatic rings. The van der Waals surface area contributed by atoms with E-state index in [4.69, 9.17) is 30.6 Å². The lowest BCUT2D eigenvalue weighted by Crippen LogP contribution is -2.41. The van der Waals surface area contributed by atoms with Gasteiger partial charge in [-0.3, -0.25) is 4.79 Å². The lowest BCUT2D eigenvalue weighted by Gasteiger charge is -2.36. The lowest BCUT2D eigenvalue weighted by molar-refractivity contribution is 0.0734. The summed E-state index contributed by atoms with van der Waals surface area (Å²) in [7, 11) is 1.44. The number of anilines is 1. The summed E-state index contributed by atoms with van der Waals surface area (Å²) in [6, 6.07) is 27.4. The minimum absolute atomic E-state index is 0.130. The van der Waals surface area contributed by atoms with Gasteiger partial charge in [0.25, 0.3) is 5.91 Å². The van der Waals surface area contributed by atoms with E-state index < -0.39 is 8.32 Å². The van der Waals surface area contributed by atoms with Crippen molar-refractivity contribution in [2.24, 2.45) is 0 Å². The van der Waals surface area contributed by atoms with E-state index in [1.807, 2.05) is 71.5 Å². The van der Waals surface area contributed by atoms with E-state index in [1.54, 1.807) is 31.3 Å². The molecule has 3 aromatic carbocycles. The van der Waals surface area contributed by atoms with Crippen LogP contribution in [0.1, 0.15) is 41.6 Å². The molecule has 0 atom stereocenters. The predicted molar refractivity (Wildman–Crippen MR) is 203 cm³/mol. The largest absolute Gasteiger partial charge is 0.497 e. The monoisotopic (exact) mass is 716 g/mol. The van der Waals surface area contributed by atoms with Crippen LogP contribution in [0.4, 0.5) is 5.69 Å². The second kappa shape index (κ2) is 15.6. The first-order valence-corrected chi connectivity index (χ1v) is 20.4. The van der Waals surface area contributed by atoms with Crippen LogP contribution in [0.15, 0.2) is 91.1 Å². The predicted octanol–water partition coefficient (Wildman–Crippen LogP) is 9.55. The number of hydrogen-bond acceptors (Lipinski definition) is 7. The number of methoxy groups -OCH3 is 2. The molecule has 0 spiro atoms. The number of thiophene rings is 1. The maximum atomic E-state index is 14.0. The standard InChI is InChI=1S/C38H45ClN4O4SSi/c1-38(2,3)49(6,7)47-22-21-40-30-14-16-31(17-15-30)43-26-29(36(41-43)27-11-9-8-10-12-27)25-42(37(44)34-19-20-35(39)48-34)24-28-13-18-32(45-4)23-33(28)46-5/h8-20,23,26,40H,21-22,24-25H2,1-7H3. The van der Waals surface area contributed by atoms with Gasteiger partial charge in [0.15, 0.2) is 8.32 Å². The molecule has 1 amide bonds. The molecule has 5 rings (SSSR count). The molecule has 5 aromatic rings. The third kappa shape index (κ3) is 8.93. The number of carbonyl (C=O) groups is 1. The molecule has 0 unspecified atom stereocenters. The molecule has 2 aromatic heterocycles. The maximum Gasteiger partial charge on any atom is 0.264 e. The molecule has 11 heteroatoms. The van der Waals surface area contributed by atoms with Crippen molar-refractivity contribution in [3.05, 3.63) is 111 Å². The van der Waals surface area contributed by atoms with Crippen LogP contribution in [-0.2, 0) is 17.5 Å². The molecule has 0 saturated heterocycles. The Kier molecular flexibility index (Phi) is 11.5. The second-order valence-corrected chi connectivity index (χ2v) is 19.9. The highest BCUT2D eigenvalue weighted by molar-refractivity contribution is 7.18. The smallest absolute Gasteiger partial charge is 0.264 e. The van der Waals surface area contributed by atoms with Crippen molar-refractivity contribution < 1.29 is 18.7 Å². The zero-order valence-corrected chi connectivity index (χ0v) is 31.8. The minimum Gasteiger partial charge on any atom is -0.497 e. The third-order valence-corrected chi connectivity index (χ3v) is 14.7. The summed E-state index contributed by atoms with van der Waals surface area (Å²) < 4.78 is 19.8. The van der Waals surface area contributed by atoms with Gasteiger partial charge in [-0.25, -0.2) is 4.68 Å². The normalized spacial score (nSPS) is 11.8. The molecule has 0 fully saturated rings. The van der Waals surface area contributed by atoms with Gasteiger partial charge < -0.3 is 24.1 Å². The van der Waals surface area contributed by atoms with E-state index in [2.05, 4.69) is 51.3 Å². The average molecular weight is 717 g/mol. The Morgan fingerprint density at radius 3 is 2.29 bits per heavy atom. The van der Waals surface area contributed by atoms with Crippen LogP contribution in [0, 0.1) is 0 Å². The zero-order valence-electron chi connectivity index (χ0n) is 29.2. The van der Waals surface area contributed by atoms with Gasteiger partial charge in [0.2, 0.25) is 0 Å². The maximum absolute atomic E-state index is 14.0. The van der Waals surface area contributed by atoms with E-state index in [0.717, 1.165) is 40.3 Å². The molecule has 1 N–H and O–H groups in total.